The van der Waals surface area contributed by atoms with Gasteiger partial charge in [-0.25, -0.2) is 0 Å². The highest BCUT2D eigenvalue weighted by Gasteiger charge is 2.34. The first-order chi connectivity index (χ1) is 5.03. The van der Waals surface area contributed by atoms with Crippen molar-refractivity contribution in [1.82, 2.24) is 6.15 Å². The quantitative estimate of drug-likeness (QED) is 0.626. The molecule has 0 spiro atoms. The lowest BCUT2D eigenvalue weighted by atomic mass is 9.66. The molecule has 0 unspecified atom stereocenters. The van der Waals surface area contributed by atoms with E-state index in [9.17, 15) is 0 Å². The Morgan fingerprint density at radius 1 is 1.08 bits per heavy atom. The van der Waals surface area contributed by atoms with Gasteiger partial charge in [-0.2, -0.15) is 0 Å². The molecule has 1 nitrogen and oxygen atoms in total. The maximum atomic E-state index is 2.31. The van der Waals surface area contributed by atoms with Crippen molar-refractivity contribution in [3.63, 3.8) is 0 Å². The second kappa shape index (κ2) is 2.33. The summed E-state index contributed by atoms with van der Waals surface area (Å²) in [6.45, 7) is 9.00. The normalized spacial score (nSPS) is 16.3. The summed E-state index contributed by atoms with van der Waals surface area (Å²) < 4.78 is 0. The van der Waals surface area contributed by atoms with Crippen LogP contribution in [0.1, 0.15) is 36.1 Å². The van der Waals surface area contributed by atoms with Gasteiger partial charge < -0.3 is 6.15 Å². The minimum Gasteiger partial charge on any atom is -0.344 e. The van der Waals surface area contributed by atoms with Crippen LogP contribution in [0.25, 0.3) is 0 Å². The maximum Gasteiger partial charge on any atom is 0.0149 e. The van der Waals surface area contributed by atoms with Gasteiger partial charge in [-0.3, -0.25) is 0 Å². The summed E-state index contributed by atoms with van der Waals surface area (Å²) in [6.07, 6.45) is 0. The molecule has 0 atom stereocenters. The lowest BCUT2D eigenvalue weighted by Crippen LogP contribution is -2.29. The molecule has 1 aromatic carbocycles. The van der Waals surface area contributed by atoms with Gasteiger partial charge in [0.15, 0.2) is 0 Å². The summed E-state index contributed by atoms with van der Waals surface area (Å²) in [5.41, 5.74) is 6.30. The van der Waals surface area contributed by atoms with Crippen molar-refractivity contribution in [2.75, 3.05) is 0 Å². The van der Waals surface area contributed by atoms with Crippen molar-refractivity contribution in [1.29, 1.82) is 0 Å². The van der Waals surface area contributed by atoms with Gasteiger partial charge in [-0.1, -0.05) is 26.0 Å². The Hall–Kier alpha value is -0.820. The molecule has 0 radical (unpaired) electrons. The van der Waals surface area contributed by atoms with Crippen LogP contribution in [-0.4, -0.2) is 0 Å². The molecule has 12 heavy (non-hydrogen) atoms. The Kier molecular flexibility index (Phi) is 1.80. The lowest BCUT2D eigenvalue weighted by molar-refractivity contribution is 0.586. The second-order valence-corrected chi connectivity index (χ2v) is 4.09. The molecule has 3 rings (SSSR count). The zero-order valence-corrected chi connectivity index (χ0v) is 8.36. The monoisotopic (exact) mass is 163 g/mol. The van der Waals surface area contributed by atoms with E-state index in [0.717, 1.165) is 0 Å². The molecule has 2 aliphatic carbocycles. The minimum atomic E-state index is 0. The summed E-state index contributed by atoms with van der Waals surface area (Å²) in [5, 5.41) is 0. The Labute approximate surface area is 74.4 Å². The smallest absolute Gasteiger partial charge is 0.0149 e. The molecule has 0 aromatic heterocycles. The molecule has 0 saturated heterocycles. The van der Waals surface area contributed by atoms with E-state index >= 15 is 0 Å². The van der Waals surface area contributed by atoms with Crippen LogP contribution in [0.2, 0.25) is 0 Å². The summed E-state index contributed by atoms with van der Waals surface area (Å²) >= 11 is 0. The molecule has 1 aromatic rings. The molecule has 2 aliphatic rings. The van der Waals surface area contributed by atoms with Gasteiger partial charge in [0, 0.05) is 5.41 Å². The molecule has 0 saturated carbocycles. The highest BCUT2D eigenvalue weighted by Crippen LogP contribution is 2.44. The summed E-state index contributed by atoms with van der Waals surface area (Å²) in [4.78, 5) is 0. The van der Waals surface area contributed by atoms with Gasteiger partial charge in [-0.05, 0) is 36.1 Å². The predicted octanol–water partition coefficient (Wildman–Crippen LogP) is 3.10. The Morgan fingerprint density at radius 2 is 1.67 bits per heavy atom. The number of hydrogen-bond acceptors (Lipinski definition) is 1. The predicted molar refractivity (Wildman–Crippen MR) is 53.1 cm³/mol. The SMILES string of the molecule is Cc1cc2cc(c1C)C2(C)C.N. The minimum absolute atomic E-state index is 0. The van der Waals surface area contributed by atoms with E-state index in [1.165, 1.54) is 22.3 Å². The number of benzene rings is 1. The van der Waals surface area contributed by atoms with Crippen LogP contribution in [0.4, 0.5) is 0 Å². The standard InChI is InChI=1S/C11H14.H3N/c1-7-5-9-6-10(8(7)2)11(9,3)4;/h5-6H,1-4H3;1H3. The average Bonchev–Trinajstić information content (AvgIpc) is 1.93. The fourth-order valence-corrected chi connectivity index (χ4v) is 1.95. The first-order valence-electron chi connectivity index (χ1n) is 4.15. The molecule has 66 valence electrons. The van der Waals surface area contributed by atoms with Crippen LogP contribution >= 0.6 is 0 Å². The topological polar surface area (TPSA) is 35.0 Å². The van der Waals surface area contributed by atoms with Crippen LogP contribution in [0.5, 0.6) is 0 Å². The number of fused-ring (bicyclic) bond motifs is 2. The van der Waals surface area contributed by atoms with E-state index in [-0.39, 0.29) is 6.15 Å². The molecule has 1 heteroatoms. The molecule has 0 fully saturated rings. The van der Waals surface area contributed by atoms with Crippen molar-refractivity contribution >= 4 is 0 Å². The molecule has 3 N–H and O–H groups in total. The van der Waals surface area contributed by atoms with Gasteiger partial charge in [0.1, 0.15) is 0 Å². The van der Waals surface area contributed by atoms with Gasteiger partial charge in [0.05, 0.1) is 0 Å². The van der Waals surface area contributed by atoms with E-state index < -0.39 is 0 Å². The van der Waals surface area contributed by atoms with E-state index in [0.29, 0.717) is 5.41 Å². The van der Waals surface area contributed by atoms with Crippen molar-refractivity contribution in [3.05, 3.63) is 34.4 Å². The Bertz CT molecular complexity index is 324. The van der Waals surface area contributed by atoms with E-state index in [1.54, 1.807) is 0 Å². The number of rotatable bonds is 0. The lowest BCUT2D eigenvalue weighted by Gasteiger charge is -2.38. The number of hydrogen-bond donors (Lipinski definition) is 1. The summed E-state index contributed by atoms with van der Waals surface area (Å²) in [7, 11) is 0. The third kappa shape index (κ3) is 0.831. The zero-order valence-electron chi connectivity index (χ0n) is 8.36. The molecule has 2 bridgehead atoms. The molecular formula is C11H17N. The van der Waals surface area contributed by atoms with Crippen molar-refractivity contribution < 1.29 is 0 Å². The van der Waals surface area contributed by atoms with E-state index in [1.807, 2.05) is 0 Å². The van der Waals surface area contributed by atoms with Crippen LogP contribution in [0, 0.1) is 13.8 Å². The largest absolute Gasteiger partial charge is 0.344 e. The third-order valence-electron chi connectivity index (χ3n) is 3.06. The molecule has 0 heterocycles. The van der Waals surface area contributed by atoms with Gasteiger partial charge >= 0.3 is 0 Å². The summed E-state index contributed by atoms with van der Waals surface area (Å²) in [6, 6.07) is 4.62. The van der Waals surface area contributed by atoms with E-state index in [4.69, 9.17) is 0 Å². The van der Waals surface area contributed by atoms with Crippen LogP contribution in [0.3, 0.4) is 0 Å². The summed E-state index contributed by atoms with van der Waals surface area (Å²) in [5.74, 6) is 0. The first-order valence-corrected chi connectivity index (χ1v) is 4.15. The van der Waals surface area contributed by atoms with Crippen molar-refractivity contribution in [2.24, 2.45) is 0 Å². The van der Waals surface area contributed by atoms with E-state index in [2.05, 4.69) is 39.8 Å². The number of aryl methyl sites for hydroxylation is 1. The first kappa shape index (κ1) is 9.27. The highest BCUT2D eigenvalue weighted by molar-refractivity contribution is 5.56. The zero-order chi connectivity index (χ0) is 8.22. The maximum absolute atomic E-state index is 2.31. The fourth-order valence-electron chi connectivity index (χ4n) is 1.95. The molecular weight excluding hydrogens is 146 g/mol. The van der Waals surface area contributed by atoms with Crippen LogP contribution in [-0.2, 0) is 5.41 Å². The second-order valence-electron chi connectivity index (χ2n) is 4.09. The van der Waals surface area contributed by atoms with Crippen molar-refractivity contribution in [2.45, 2.75) is 33.1 Å². The molecule has 0 amide bonds. The van der Waals surface area contributed by atoms with Gasteiger partial charge in [0.2, 0.25) is 0 Å². The van der Waals surface area contributed by atoms with Crippen molar-refractivity contribution in [3.8, 4) is 0 Å². The Balaban J connectivity index is 0.000000720. The van der Waals surface area contributed by atoms with Gasteiger partial charge in [0.25, 0.3) is 0 Å². The van der Waals surface area contributed by atoms with Gasteiger partial charge in [-0.15, -0.1) is 0 Å². The molecule has 0 aliphatic heterocycles. The van der Waals surface area contributed by atoms with Crippen LogP contribution < -0.4 is 6.15 Å². The van der Waals surface area contributed by atoms with Crippen LogP contribution in [0.15, 0.2) is 12.1 Å². The average molecular weight is 163 g/mol. The highest BCUT2D eigenvalue weighted by atomic mass is 14.4. The fraction of sp³-hybridized carbons (Fsp3) is 0.455. The third-order valence-corrected chi connectivity index (χ3v) is 3.06. The Morgan fingerprint density at radius 3 is 2.00 bits per heavy atom.